The second kappa shape index (κ2) is 10.3. The van der Waals surface area contributed by atoms with E-state index in [1.807, 2.05) is 6.07 Å². The summed E-state index contributed by atoms with van der Waals surface area (Å²) in [5.74, 6) is 0.0186. The summed E-state index contributed by atoms with van der Waals surface area (Å²) in [6.07, 6.45) is -5.82. The normalized spacial score (nSPS) is 21.2. The fourth-order valence-corrected chi connectivity index (χ4v) is 3.90. The minimum Gasteiger partial charge on any atom is -0.368 e. The average molecular weight is 502 g/mol. The van der Waals surface area contributed by atoms with Crippen LogP contribution in [0.3, 0.4) is 0 Å². The van der Waals surface area contributed by atoms with Crippen LogP contribution < -0.4 is 10.7 Å². The van der Waals surface area contributed by atoms with Crippen molar-refractivity contribution in [2.24, 2.45) is 0 Å². The molecule has 1 saturated carbocycles. The van der Waals surface area contributed by atoms with E-state index in [9.17, 15) is 22.8 Å². The van der Waals surface area contributed by atoms with Crippen molar-refractivity contribution in [1.82, 2.24) is 20.3 Å². The predicted octanol–water partition coefficient (Wildman–Crippen LogP) is 3.15. The Bertz CT molecular complexity index is 1040. The van der Waals surface area contributed by atoms with Crippen LogP contribution in [0, 0.1) is 0 Å². The first-order valence-corrected chi connectivity index (χ1v) is 11.1. The van der Waals surface area contributed by atoms with Gasteiger partial charge >= 0.3 is 12.4 Å². The van der Waals surface area contributed by atoms with Gasteiger partial charge in [0.05, 0.1) is 17.7 Å². The lowest BCUT2D eigenvalue weighted by molar-refractivity contribution is -0.357. The number of amides is 3. The molecule has 0 spiro atoms. The van der Waals surface area contributed by atoms with E-state index >= 15 is 0 Å². The molecule has 2 aliphatic rings. The van der Waals surface area contributed by atoms with Crippen molar-refractivity contribution in [1.29, 1.82) is 0 Å². The summed E-state index contributed by atoms with van der Waals surface area (Å²) in [7, 11) is 0. The Hall–Kier alpha value is -2.67. The highest BCUT2D eigenvalue weighted by Gasteiger charge is 2.40. The molecule has 1 aromatic carbocycles. The van der Waals surface area contributed by atoms with Gasteiger partial charge in [-0.2, -0.15) is 0 Å². The molecule has 184 valence electrons. The van der Waals surface area contributed by atoms with Crippen LogP contribution in [-0.4, -0.2) is 78.2 Å². The summed E-state index contributed by atoms with van der Waals surface area (Å²) in [6.45, 7) is 1.33. The third kappa shape index (κ3) is 6.69. The van der Waals surface area contributed by atoms with Gasteiger partial charge in [-0.25, -0.2) is 14.8 Å². The number of halogens is 4. The van der Waals surface area contributed by atoms with E-state index in [4.69, 9.17) is 16.3 Å². The molecule has 9 nitrogen and oxygen atoms in total. The molecule has 0 atom stereocenters. The molecule has 1 aromatic heterocycles. The number of alkyl halides is 3. The van der Waals surface area contributed by atoms with Crippen LogP contribution in [-0.2, 0) is 14.3 Å². The van der Waals surface area contributed by atoms with Gasteiger partial charge in [-0.1, -0.05) is 11.6 Å². The predicted molar refractivity (Wildman–Crippen MR) is 117 cm³/mol. The molecular weight excluding hydrogens is 479 g/mol. The number of carbonyl (C=O) groups is 2. The Labute approximate surface area is 198 Å². The molecule has 4 rings (SSSR count). The first-order chi connectivity index (χ1) is 16.1. The first kappa shape index (κ1) is 24.5. The lowest BCUT2D eigenvalue weighted by Gasteiger charge is -2.36. The number of nitrogens with one attached hydrogen (secondary N) is 2. The molecule has 0 unspecified atom stereocenters. The summed E-state index contributed by atoms with van der Waals surface area (Å²) in [5, 5.41) is 5.92. The molecule has 1 aliphatic carbocycles. The standard InChI is InChI=1S/C21H23ClF3N5O4/c22-14-2-3-17-13(9-14)1-4-18(26-17)27-20(32)29-5-7-30(8-6-29)28-19(31)12-33-15-10-16(11-15)34-21(23,24)25/h1-4,9,15-16H,5-8,10-12H2,(H,28,31)(H,26,27,32). The summed E-state index contributed by atoms with van der Waals surface area (Å²) in [6, 6.07) is 8.53. The number of hydrogen-bond donors (Lipinski definition) is 2. The molecule has 2 heterocycles. The molecule has 2 N–H and O–H groups in total. The van der Waals surface area contributed by atoms with Crippen molar-refractivity contribution >= 4 is 40.3 Å². The Kier molecular flexibility index (Phi) is 7.41. The van der Waals surface area contributed by atoms with Gasteiger partial charge in [0.1, 0.15) is 12.4 Å². The van der Waals surface area contributed by atoms with E-state index in [1.54, 1.807) is 34.2 Å². The number of benzene rings is 1. The summed E-state index contributed by atoms with van der Waals surface area (Å²) in [5.41, 5.74) is 3.39. The Morgan fingerprint density at radius 1 is 1.09 bits per heavy atom. The molecule has 34 heavy (non-hydrogen) atoms. The number of nitrogens with zero attached hydrogens (tertiary/aromatic N) is 3. The number of hydrogen-bond acceptors (Lipinski definition) is 6. The highest BCUT2D eigenvalue weighted by molar-refractivity contribution is 6.31. The largest absolute Gasteiger partial charge is 0.522 e. The van der Waals surface area contributed by atoms with Gasteiger partial charge in [0.15, 0.2) is 0 Å². The van der Waals surface area contributed by atoms with Gasteiger partial charge in [-0.05, 0) is 30.3 Å². The summed E-state index contributed by atoms with van der Waals surface area (Å²) >= 11 is 5.97. The van der Waals surface area contributed by atoms with Gasteiger partial charge < -0.3 is 9.64 Å². The minimum atomic E-state index is -4.66. The second-order valence-corrected chi connectivity index (χ2v) is 8.50. The van der Waals surface area contributed by atoms with Crippen molar-refractivity contribution in [2.45, 2.75) is 31.4 Å². The van der Waals surface area contributed by atoms with Crippen LogP contribution in [0.5, 0.6) is 0 Å². The fourth-order valence-electron chi connectivity index (χ4n) is 3.72. The van der Waals surface area contributed by atoms with Gasteiger partial charge in [0, 0.05) is 49.4 Å². The number of carbonyl (C=O) groups excluding carboxylic acids is 2. The van der Waals surface area contributed by atoms with Crippen LogP contribution >= 0.6 is 11.6 Å². The molecule has 3 amide bonds. The van der Waals surface area contributed by atoms with Crippen molar-refractivity contribution in [3.8, 4) is 0 Å². The molecule has 0 bridgehead atoms. The fraction of sp³-hybridized carbons (Fsp3) is 0.476. The van der Waals surface area contributed by atoms with Crippen molar-refractivity contribution in [3.63, 3.8) is 0 Å². The summed E-state index contributed by atoms with van der Waals surface area (Å²) < 4.78 is 45.5. The zero-order valence-electron chi connectivity index (χ0n) is 18.0. The maximum atomic E-state index is 12.6. The molecule has 13 heteroatoms. The topological polar surface area (TPSA) is 96.0 Å². The summed E-state index contributed by atoms with van der Waals surface area (Å²) in [4.78, 5) is 30.6. The number of piperazine rings is 1. The third-order valence-corrected chi connectivity index (χ3v) is 5.77. The Balaban J connectivity index is 1.15. The molecule has 1 aliphatic heterocycles. The van der Waals surface area contributed by atoms with Crippen LogP contribution in [0.15, 0.2) is 30.3 Å². The monoisotopic (exact) mass is 501 g/mol. The number of ether oxygens (including phenoxy) is 2. The van der Waals surface area contributed by atoms with Crippen LogP contribution in [0.2, 0.25) is 5.02 Å². The average Bonchev–Trinajstić information content (AvgIpc) is 2.75. The first-order valence-electron chi connectivity index (χ1n) is 10.7. The van der Waals surface area contributed by atoms with Crippen LogP contribution in [0.25, 0.3) is 10.9 Å². The van der Waals surface area contributed by atoms with E-state index in [0.29, 0.717) is 42.5 Å². The number of fused-ring (bicyclic) bond motifs is 1. The molecule has 2 fully saturated rings. The Morgan fingerprint density at radius 3 is 2.53 bits per heavy atom. The van der Waals surface area contributed by atoms with Crippen molar-refractivity contribution in [3.05, 3.63) is 35.4 Å². The molecule has 2 aromatic rings. The maximum absolute atomic E-state index is 12.6. The zero-order valence-corrected chi connectivity index (χ0v) is 18.7. The Morgan fingerprint density at radius 2 is 1.82 bits per heavy atom. The van der Waals surface area contributed by atoms with E-state index in [-0.39, 0.29) is 25.5 Å². The van der Waals surface area contributed by atoms with Crippen molar-refractivity contribution < 1.29 is 32.2 Å². The van der Waals surface area contributed by atoms with E-state index < -0.39 is 24.5 Å². The maximum Gasteiger partial charge on any atom is 0.522 e. The smallest absolute Gasteiger partial charge is 0.368 e. The minimum absolute atomic E-state index is 0.0976. The highest BCUT2D eigenvalue weighted by atomic mass is 35.5. The van der Waals surface area contributed by atoms with E-state index in [0.717, 1.165) is 5.39 Å². The highest BCUT2D eigenvalue weighted by Crippen LogP contribution is 2.32. The molecule has 0 radical (unpaired) electrons. The van der Waals surface area contributed by atoms with Crippen LogP contribution in [0.1, 0.15) is 12.8 Å². The van der Waals surface area contributed by atoms with E-state index in [2.05, 4.69) is 20.5 Å². The van der Waals surface area contributed by atoms with Crippen molar-refractivity contribution in [2.75, 3.05) is 38.1 Å². The number of urea groups is 1. The lowest BCUT2D eigenvalue weighted by Crippen LogP contribution is -2.56. The number of rotatable bonds is 6. The second-order valence-electron chi connectivity index (χ2n) is 8.06. The SMILES string of the molecule is O=C(COC1CC(OC(F)(F)F)C1)NN1CCN(C(=O)Nc2ccc3cc(Cl)ccc3n2)CC1. The zero-order chi connectivity index (χ0) is 24.3. The number of hydrazine groups is 1. The van der Waals surface area contributed by atoms with E-state index in [1.165, 1.54) is 0 Å². The quantitative estimate of drug-likeness (QED) is 0.631. The van der Waals surface area contributed by atoms with Gasteiger partial charge in [-0.3, -0.25) is 20.3 Å². The van der Waals surface area contributed by atoms with Gasteiger partial charge in [0.2, 0.25) is 0 Å². The van der Waals surface area contributed by atoms with Crippen LogP contribution in [0.4, 0.5) is 23.8 Å². The van der Waals surface area contributed by atoms with Gasteiger partial charge in [0.25, 0.3) is 5.91 Å². The van der Waals surface area contributed by atoms with Gasteiger partial charge in [-0.15, -0.1) is 13.2 Å². The third-order valence-electron chi connectivity index (χ3n) is 5.54. The number of pyridine rings is 1. The lowest BCUT2D eigenvalue weighted by atomic mass is 9.92. The molecule has 1 saturated heterocycles. The number of anilines is 1. The molecular formula is C21H23ClF3N5O4. The number of aromatic nitrogens is 1.